The van der Waals surface area contributed by atoms with Crippen LogP contribution in [0.3, 0.4) is 0 Å². The van der Waals surface area contributed by atoms with Gasteiger partial charge in [0, 0.05) is 11.8 Å². The smallest absolute Gasteiger partial charge is 0.217 e. The number of hydrogen-bond donors (Lipinski definition) is 0. The molecule has 0 aliphatic rings. The van der Waals surface area contributed by atoms with Gasteiger partial charge < -0.3 is 4.52 Å². The SMILES string of the molecule is Cc1cc(CSc2nnc3sc4ccccc4n23)no1. The predicted octanol–water partition coefficient (Wildman–Crippen LogP) is 3.53. The molecule has 3 heterocycles. The second-order valence-electron chi connectivity index (χ2n) is 4.39. The van der Waals surface area contributed by atoms with Gasteiger partial charge in [0.15, 0.2) is 5.16 Å². The highest BCUT2D eigenvalue weighted by Crippen LogP contribution is 2.30. The fraction of sp³-hybridized carbons (Fsp3) is 0.154. The zero-order chi connectivity index (χ0) is 13.5. The summed E-state index contributed by atoms with van der Waals surface area (Å²) in [7, 11) is 0. The zero-order valence-corrected chi connectivity index (χ0v) is 12.2. The van der Waals surface area contributed by atoms with E-state index in [2.05, 4.69) is 31.9 Å². The lowest BCUT2D eigenvalue weighted by atomic mass is 10.3. The van der Waals surface area contributed by atoms with E-state index in [1.54, 1.807) is 23.1 Å². The number of thioether (sulfide) groups is 1. The summed E-state index contributed by atoms with van der Waals surface area (Å²) in [6.45, 7) is 1.89. The van der Waals surface area contributed by atoms with Gasteiger partial charge in [-0.15, -0.1) is 10.2 Å². The first-order valence-electron chi connectivity index (χ1n) is 6.09. The van der Waals surface area contributed by atoms with Crippen LogP contribution < -0.4 is 0 Å². The molecule has 0 aliphatic carbocycles. The number of nitrogens with zero attached hydrogens (tertiary/aromatic N) is 4. The van der Waals surface area contributed by atoms with Gasteiger partial charge in [0.2, 0.25) is 4.96 Å². The van der Waals surface area contributed by atoms with E-state index in [1.807, 2.05) is 25.1 Å². The van der Waals surface area contributed by atoms with Gasteiger partial charge in [0.25, 0.3) is 0 Å². The number of fused-ring (bicyclic) bond motifs is 3. The summed E-state index contributed by atoms with van der Waals surface area (Å²) in [5.74, 6) is 1.55. The van der Waals surface area contributed by atoms with Gasteiger partial charge in [-0.05, 0) is 19.1 Å². The topological polar surface area (TPSA) is 56.2 Å². The molecule has 0 saturated carbocycles. The molecule has 20 heavy (non-hydrogen) atoms. The molecule has 0 fully saturated rings. The Labute approximate surface area is 122 Å². The van der Waals surface area contributed by atoms with Gasteiger partial charge in [-0.2, -0.15) is 0 Å². The molecule has 0 radical (unpaired) electrons. The lowest BCUT2D eigenvalue weighted by Gasteiger charge is -1.96. The fourth-order valence-electron chi connectivity index (χ4n) is 2.07. The first-order valence-corrected chi connectivity index (χ1v) is 7.89. The molecular formula is C13H10N4OS2. The number of benzene rings is 1. The molecule has 7 heteroatoms. The number of thiazole rings is 1. The van der Waals surface area contributed by atoms with Gasteiger partial charge in [0.05, 0.1) is 15.9 Å². The highest BCUT2D eigenvalue weighted by atomic mass is 32.2. The average Bonchev–Trinajstić information content (AvgIpc) is 3.11. The van der Waals surface area contributed by atoms with E-state index >= 15 is 0 Å². The van der Waals surface area contributed by atoms with Crippen LogP contribution in [0.5, 0.6) is 0 Å². The maximum absolute atomic E-state index is 5.07. The third-order valence-corrected chi connectivity index (χ3v) is 4.91. The minimum atomic E-state index is 0.725. The average molecular weight is 302 g/mol. The first kappa shape index (κ1) is 11.9. The van der Waals surface area contributed by atoms with Gasteiger partial charge in [-0.3, -0.25) is 4.40 Å². The van der Waals surface area contributed by atoms with E-state index in [9.17, 15) is 0 Å². The number of hydrogen-bond acceptors (Lipinski definition) is 6. The maximum Gasteiger partial charge on any atom is 0.217 e. The minimum Gasteiger partial charge on any atom is -0.361 e. The molecule has 0 atom stereocenters. The van der Waals surface area contributed by atoms with Crippen LogP contribution >= 0.6 is 23.1 Å². The maximum atomic E-state index is 5.07. The number of aryl methyl sites for hydroxylation is 1. The van der Waals surface area contributed by atoms with Crippen LogP contribution in [0, 0.1) is 6.92 Å². The Kier molecular flexibility index (Phi) is 2.75. The zero-order valence-electron chi connectivity index (χ0n) is 10.6. The summed E-state index contributed by atoms with van der Waals surface area (Å²) in [6, 6.07) is 10.2. The van der Waals surface area contributed by atoms with Crippen molar-refractivity contribution >= 4 is 38.3 Å². The molecule has 3 aromatic heterocycles. The molecule has 0 bridgehead atoms. The molecule has 4 aromatic rings. The largest absolute Gasteiger partial charge is 0.361 e. The normalized spacial score (nSPS) is 11.7. The Bertz CT molecular complexity index is 892. The highest BCUT2D eigenvalue weighted by molar-refractivity contribution is 7.98. The van der Waals surface area contributed by atoms with Crippen LogP contribution in [0.25, 0.3) is 15.2 Å². The van der Waals surface area contributed by atoms with Gasteiger partial charge >= 0.3 is 0 Å². The van der Waals surface area contributed by atoms with Crippen LogP contribution in [0.2, 0.25) is 0 Å². The molecule has 1 aromatic carbocycles. The molecule has 5 nitrogen and oxygen atoms in total. The Hall–Kier alpha value is -1.86. The number of rotatable bonds is 3. The van der Waals surface area contributed by atoms with Gasteiger partial charge in [-0.25, -0.2) is 0 Å². The van der Waals surface area contributed by atoms with Crippen molar-refractivity contribution in [1.82, 2.24) is 19.8 Å². The van der Waals surface area contributed by atoms with Crippen LogP contribution in [0.4, 0.5) is 0 Å². The van der Waals surface area contributed by atoms with E-state index in [4.69, 9.17) is 4.52 Å². The molecule has 0 amide bonds. The van der Waals surface area contributed by atoms with E-state index in [1.165, 1.54) is 4.70 Å². The van der Waals surface area contributed by atoms with Crippen molar-refractivity contribution in [2.24, 2.45) is 0 Å². The third kappa shape index (κ3) is 1.90. The first-order chi connectivity index (χ1) is 9.81. The lowest BCUT2D eigenvalue weighted by molar-refractivity contribution is 0.393. The summed E-state index contributed by atoms with van der Waals surface area (Å²) in [5, 5.41) is 13.4. The van der Waals surface area contributed by atoms with Crippen molar-refractivity contribution in [3.8, 4) is 0 Å². The van der Waals surface area contributed by atoms with E-state index in [0.717, 1.165) is 32.8 Å². The molecule has 0 N–H and O–H groups in total. The Morgan fingerprint density at radius 2 is 2.20 bits per heavy atom. The van der Waals surface area contributed by atoms with Crippen molar-refractivity contribution < 1.29 is 4.52 Å². The molecule has 0 spiro atoms. The lowest BCUT2D eigenvalue weighted by Crippen LogP contribution is -1.87. The summed E-state index contributed by atoms with van der Waals surface area (Å²) < 4.78 is 8.39. The van der Waals surface area contributed by atoms with Crippen molar-refractivity contribution in [1.29, 1.82) is 0 Å². The standard InChI is InChI=1S/C13H10N4OS2/c1-8-6-9(16-18-8)7-19-12-14-15-13-17(12)10-4-2-3-5-11(10)20-13/h2-6H,7H2,1H3. The summed E-state index contributed by atoms with van der Waals surface area (Å²) in [6.07, 6.45) is 0. The molecule has 4 rings (SSSR count). The summed E-state index contributed by atoms with van der Waals surface area (Å²) >= 11 is 3.27. The van der Waals surface area contributed by atoms with E-state index < -0.39 is 0 Å². The number of para-hydroxylation sites is 1. The predicted molar refractivity (Wildman–Crippen MR) is 79.2 cm³/mol. The van der Waals surface area contributed by atoms with Crippen LogP contribution in [-0.4, -0.2) is 19.8 Å². The molecule has 0 aliphatic heterocycles. The van der Waals surface area contributed by atoms with Gasteiger partial charge in [0.1, 0.15) is 5.76 Å². The molecule has 100 valence electrons. The van der Waals surface area contributed by atoms with Crippen molar-refractivity contribution in [3.05, 3.63) is 41.8 Å². The quantitative estimate of drug-likeness (QED) is 0.542. The highest BCUT2D eigenvalue weighted by Gasteiger charge is 2.13. The Morgan fingerprint density at radius 1 is 1.30 bits per heavy atom. The van der Waals surface area contributed by atoms with Gasteiger partial charge in [-0.1, -0.05) is 40.4 Å². The Balaban J connectivity index is 1.72. The molecule has 0 unspecified atom stereocenters. The van der Waals surface area contributed by atoms with E-state index in [-0.39, 0.29) is 0 Å². The van der Waals surface area contributed by atoms with E-state index in [0.29, 0.717) is 0 Å². The van der Waals surface area contributed by atoms with Crippen molar-refractivity contribution in [3.63, 3.8) is 0 Å². The second kappa shape index (κ2) is 4.60. The van der Waals surface area contributed by atoms with Crippen LogP contribution in [0.15, 0.2) is 40.0 Å². The Morgan fingerprint density at radius 3 is 3.05 bits per heavy atom. The van der Waals surface area contributed by atoms with Crippen LogP contribution in [0.1, 0.15) is 11.5 Å². The van der Waals surface area contributed by atoms with Crippen LogP contribution in [-0.2, 0) is 5.75 Å². The number of aromatic nitrogens is 4. The van der Waals surface area contributed by atoms with Crippen molar-refractivity contribution in [2.75, 3.05) is 0 Å². The summed E-state index contributed by atoms with van der Waals surface area (Å²) in [4.78, 5) is 0.921. The molecular weight excluding hydrogens is 292 g/mol. The second-order valence-corrected chi connectivity index (χ2v) is 6.34. The minimum absolute atomic E-state index is 0.725. The molecule has 0 saturated heterocycles. The third-order valence-electron chi connectivity index (χ3n) is 2.94. The summed E-state index contributed by atoms with van der Waals surface area (Å²) in [5.41, 5.74) is 2.07. The fourth-order valence-corrected chi connectivity index (χ4v) is 3.92. The monoisotopic (exact) mass is 302 g/mol. The van der Waals surface area contributed by atoms with Crippen molar-refractivity contribution in [2.45, 2.75) is 17.8 Å².